The second-order valence-electron chi connectivity index (χ2n) is 5.38. The van der Waals surface area contributed by atoms with Crippen molar-refractivity contribution in [1.82, 2.24) is 14.7 Å². The van der Waals surface area contributed by atoms with Crippen LogP contribution in [0.25, 0.3) is 0 Å². The molecule has 1 amide bonds. The van der Waals surface area contributed by atoms with Crippen molar-refractivity contribution in [3.8, 4) is 5.75 Å². The van der Waals surface area contributed by atoms with Gasteiger partial charge in [0.15, 0.2) is 12.4 Å². The van der Waals surface area contributed by atoms with E-state index in [-0.39, 0.29) is 18.6 Å². The van der Waals surface area contributed by atoms with Crippen molar-refractivity contribution in [3.05, 3.63) is 34.3 Å². The van der Waals surface area contributed by atoms with Gasteiger partial charge in [-0.3, -0.25) is 9.48 Å². The number of hydrogen-bond acceptors (Lipinski definition) is 4. The molecule has 1 atom stereocenters. The highest BCUT2D eigenvalue weighted by atomic mass is 32.1. The maximum atomic E-state index is 12.5. The largest absolute Gasteiger partial charge is 0.480 e. The number of rotatable bonds is 5. The second-order valence-corrected chi connectivity index (χ2v) is 6.38. The Hall–Kier alpha value is -1.82. The molecule has 0 unspecified atom stereocenters. The molecule has 22 heavy (non-hydrogen) atoms. The lowest BCUT2D eigenvalue weighted by molar-refractivity contribution is -0.136. The minimum absolute atomic E-state index is 0.0490. The molecular formula is C16H21N3O2S. The van der Waals surface area contributed by atoms with Gasteiger partial charge in [0, 0.05) is 18.0 Å². The summed E-state index contributed by atoms with van der Waals surface area (Å²) in [6, 6.07) is 2.34. The molecule has 0 aromatic carbocycles. The van der Waals surface area contributed by atoms with Gasteiger partial charge in [0.1, 0.15) is 0 Å². The number of aromatic nitrogens is 2. The minimum atomic E-state index is 0.0490. The first kappa shape index (κ1) is 15.1. The first-order chi connectivity index (χ1) is 10.7. The molecule has 3 heterocycles. The smallest absolute Gasteiger partial charge is 0.261 e. The summed E-state index contributed by atoms with van der Waals surface area (Å²) in [5.41, 5.74) is 1.31. The Morgan fingerprint density at radius 2 is 2.36 bits per heavy atom. The quantitative estimate of drug-likeness (QED) is 0.851. The van der Waals surface area contributed by atoms with E-state index in [1.807, 2.05) is 18.0 Å². The summed E-state index contributed by atoms with van der Waals surface area (Å²) in [5.74, 6) is 0.699. The van der Waals surface area contributed by atoms with Crippen LogP contribution in [-0.4, -0.2) is 33.7 Å². The van der Waals surface area contributed by atoms with E-state index in [9.17, 15) is 4.79 Å². The number of ether oxygens (including phenoxy) is 1. The van der Waals surface area contributed by atoms with Gasteiger partial charge in [-0.05, 0) is 36.8 Å². The molecule has 3 rings (SSSR count). The number of aryl methyl sites for hydroxylation is 1. The number of amides is 1. The van der Waals surface area contributed by atoms with E-state index in [1.54, 1.807) is 22.2 Å². The molecule has 2 aromatic rings. The second kappa shape index (κ2) is 6.52. The molecule has 6 heteroatoms. The number of thiophene rings is 1. The molecule has 0 N–H and O–H groups in total. The van der Waals surface area contributed by atoms with Gasteiger partial charge in [0.2, 0.25) is 0 Å². The van der Waals surface area contributed by atoms with E-state index in [1.165, 1.54) is 10.4 Å². The van der Waals surface area contributed by atoms with Crippen LogP contribution < -0.4 is 4.74 Å². The fourth-order valence-corrected chi connectivity index (χ4v) is 3.88. The molecule has 1 aliphatic rings. The maximum Gasteiger partial charge on any atom is 0.261 e. The molecule has 0 aliphatic carbocycles. The SMILES string of the molecule is CC[C@@H]1c2ccsc2CCN1C(=O)COc1cnn(CC)c1. The summed E-state index contributed by atoms with van der Waals surface area (Å²) < 4.78 is 7.38. The molecule has 118 valence electrons. The highest BCUT2D eigenvalue weighted by Gasteiger charge is 2.30. The van der Waals surface area contributed by atoms with Gasteiger partial charge < -0.3 is 9.64 Å². The molecule has 0 spiro atoms. The Kier molecular flexibility index (Phi) is 4.47. The number of nitrogens with zero attached hydrogens (tertiary/aromatic N) is 3. The Labute approximate surface area is 134 Å². The van der Waals surface area contributed by atoms with E-state index in [0.29, 0.717) is 5.75 Å². The third-order valence-corrected chi connectivity index (χ3v) is 5.09. The molecule has 5 nitrogen and oxygen atoms in total. The Morgan fingerprint density at radius 1 is 1.50 bits per heavy atom. The predicted octanol–water partition coefficient (Wildman–Crippen LogP) is 2.88. The summed E-state index contributed by atoms with van der Waals surface area (Å²) in [5, 5.41) is 6.27. The van der Waals surface area contributed by atoms with Crippen molar-refractivity contribution < 1.29 is 9.53 Å². The average molecular weight is 319 g/mol. The van der Waals surface area contributed by atoms with Crippen LogP contribution in [0.5, 0.6) is 5.75 Å². The van der Waals surface area contributed by atoms with Crippen LogP contribution in [-0.2, 0) is 17.8 Å². The van der Waals surface area contributed by atoms with E-state index in [4.69, 9.17) is 4.74 Å². The van der Waals surface area contributed by atoms with E-state index >= 15 is 0 Å². The fraction of sp³-hybridized carbons (Fsp3) is 0.500. The molecule has 0 saturated carbocycles. The molecule has 0 saturated heterocycles. The number of fused-ring (bicyclic) bond motifs is 1. The van der Waals surface area contributed by atoms with Gasteiger partial charge in [-0.1, -0.05) is 6.92 Å². The third kappa shape index (κ3) is 2.88. The first-order valence-electron chi connectivity index (χ1n) is 7.74. The van der Waals surface area contributed by atoms with Crippen LogP contribution in [0.3, 0.4) is 0 Å². The van der Waals surface area contributed by atoms with Crippen molar-refractivity contribution in [2.24, 2.45) is 0 Å². The zero-order valence-corrected chi connectivity index (χ0v) is 13.8. The van der Waals surface area contributed by atoms with Crippen molar-refractivity contribution in [2.75, 3.05) is 13.2 Å². The lowest BCUT2D eigenvalue weighted by Crippen LogP contribution is -2.41. The average Bonchev–Trinajstić information content (AvgIpc) is 3.19. The summed E-state index contributed by atoms with van der Waals surface area (Å²) in [6.07, 6.45) is 5.35. The van der Waals surface area contributed by atoms with Crippen LogP contribution in [0.15, 0.2) is 23.8 Å². The number of carbonyl (C=O) groups excluding carboxylic acids is 1. The summed E-state index contributed by atoms with van der Waals surface area (Å²) in [4.78, 5) is 15.9. The van der Waals surface area contributed by atoms with Crippen LogP contribution in [0.1, 0.15) is 36.8 Å². The van der Waals surface area contributed by atoms with Gasteiger partial charge >= 0.3 is 0 Å². The molecule has 1 aliphatic heterocycles. The van der Waals surface area contributed by atoms with E-state index in [2.05, 4.69) is 23.5 Å². The van der Waals surface area contributed by atoms with Crippen LogP contribution >= 0.6 is 11.3 Å². The van der Waals surface area contributed by atoms with Crippen molar-refractivity contribution in [3.63, 3.8) is 0 Å². The predicted molar refractivity (Wildman–Crippen MR) is 86.2 cm³/mol. The highest BCUT2D eigenvalue weighted by Crippen LogP contribution is 2.35. The van der Waals surface area contributed by atoms with E-state index in [0.717, 1.165) is 25.9 Å². The monoisotopic (exact) mass is 319 g/mol. The lowest BCUT2D eigenvalue weighted by Gasteiger charge is -2.35. The highest BCUT2D eigenvalue weighted by molar-refractivity contribution is 7.10. The first-order valence-corrected chi connectivity index (χ1v) is 8.61. The van der Waals surface area contributed by atoms with E-state index < -0.39 is 0 Å². The summed E-state index contributed by atoms with van der Waals surface area (Å²) in [6.45, 7) is 5.79. The summed E-state index contributed by atoms with van der Waals surface area (Å²) in [7, 11) is 0. The minimum Gasteiger partial charge on any atom is -0.480 e. The van der Waals surface area contributed by atoms with Gasteiger partial charge in [0.05, 0.1) is 18.4 Å². The standard InChI is InChI=1S/C16H21N3O2S/c1-3-14-13-6-8-22-15(13)5-7-19(14)16(20)11-21-12-9-17-18(4-2)10-12/h6,8-10,14H,3-5,7,11H2,1-2H3/t14-/m1/s1. The fourth-order valence-electron chi connectivity index (χ4n) is 2.96. The zero-order valence-electron chi connectivity index (χ0n) is 13.0. The van der Waals surface area contributed by atoms with Gasteiger partial charge in [0.25, 0.3) is 5.91 Å². The molecule has 0 radical (unpaired) electrons. The van der Waals surface area contributed by atoms with Crippen molar-refractivity contribution in [1.29, 1.82) is 0 Å². The van der Waals surface area contributed by atoms with Crippen LogP contribution in [0.2, 0.25) is 0 Å². The number of carbonyl (C=O) groups is 1. The van der Waals surface area contributed by atoms with Gasteiger partial charge in [-0.2, -0.15) is 5.10 Å². The van der Waals surface area contributed by atoms with Crippen LogP contribution in [0.4, 0.5) is 0 Å². The normalized spacial score (nSPS) is 17.4. The number of hydrogen-bond donors (Lipinski definition) is 0. The topological polar surface area (TPSA) is 47.4 Å². The lowest BCUT2D eigenvalue weighted by atomic mass is 9.98. The maximum absolute atomic E-state index is 12.5. The summed E-state index contributed by atoms with van der Waals surface area (Å²) >= 11 is 1.79. The van der Waals surface area contributed by atoms with Crippen LogP contribution in [0, 0.1) is 0 Å². The molecule has 0 fully saturated rings. The Balaban J connectivity index is 1.64. The molecule has 0 bridgehead atoms. The Morgan fingerprint density at radius 3 is 3.09 bits per heavy atom. The van der Waals surface area contributed by atoms with Crippen molar-refractivity contribution >= 4 is 17.2 Å². The van der Waals surface area contributed by atoms with Crippen molar-refractivity contribution in [2.45, 2.75) is 39.3 Å². The van der Waals surface area contributed by atoms with Gasteiger partial charge in [-0.15, -0.1) is 11.3 Å². The Bertz CT molecular complexity index is 649. The molecule has 2 aromatic heterocycles. The van der Waals surface area contributed by atoms with Gasteiger partial charge in [-0.25, -0.2) is 0 Å². The zero-order chi connectivity index (χ0) is 15.5. The third-order valence-electron chi connectivity index (χ3n) is 4.10. The molecular weight excluding hydrogens is 298 g/mol.